The van der Waals surface area contributed by atoms with Gasteiger partial charge in [-0.1, -0.05) is 41.4 Å². The summed E-state index contributed by atoms with van der Waals surface area (Å²) < 4.78 is 5.95. The standard InChI is InChI=1S/C19H16ClNO3S/c1-12-2-4-13(5-3-12)10-24-17-7-6-14(20)8-16(17)19-21-15(11-25-19)9-18(22)23/h2-8,11H,9-10H2,1H3,(H,22,23). The number of carboxylic acids is 1. The van der Waals surface area contributed by atoms with Crippen LogP contribution in [-0.2, 0) is 17.8 Å². The summed E-state index contributed by atoms with van der Waals surface area (Å²) in [6.07, 6.45) is -0.101. The number of hydrogen-bond acceptors (Lipinski definition) is 4. The van der Waals surface area contributed by atoms with Gasteiger partial charge in [-0.2, -0.15) is 0 Å². The van der Waals surface area contributed by atoms with Crippen LogP contribution in [0.1, 0.15) is 16.8 Å². The van der Waals surface area contributed by atoms with Crippen LogP contribution in [0.3, 0.4) is 0 Å². The Morgan fingerprint density at radius 1 is 1.24 bits per heavy atom. The molecular formula is C19H16ClNO3S. The van der Waals surface area contributed by atoms with Crippen LogP contribution in [0.5, 0.6) is 5.75 Å². The van der Waals surface area contributed by atoms with E-state index in [-0.39, 0.29) is 6.42 Å². The summed E-state index contributed by atoms with van der Waals surface area (Å²) >= 11 is 7.50. The third-order valence-corrected chi connectivity index (χ3v) is 4.73. The van der Waals surface area contributed by atoms with Crippen LogP contribution in [0.4, 0.5) is 0 Å². The molecule has 0 aliphatic heterocycles. The molecule has 0 radical (unpaired) electrons. The SMILES string of the molecule is Cc1ccc(COc2ccc(Cl)cc2-c2nc(CC(=O)O)cs2)cc1. The van der Waals surface area contributed by atoms with Crippen LogP contribution in [0, 0.1) is 6.92 Å². The molecule has 3 rings (SSSR count). The Hall–Kier alpha value is -2.37. The lowest BCUT2D eigenvalue weighted by Gasteiger charge is -2.11. The van der Waals surface area contributed by atoms with E-state index in [1.807, 2.05) is 37.3 Å². The maximum atomic E-state index is 10.8. The summed E-state index contributed by atoms with van der Waals surface area (Å²) in [5.74, 6) is -0.236. The van der Waals surface area contributed by atoms with Crippen molar-refractivity contribution in [3.05, 3.63) is 69.7 Å². The monoisotopic (exact) mass is 373 g/mol. The number of benzene rings is 2. The number of aromatic nitrogens is 1. The minimum atomic E-state index is -0.904. The summed E-state index contributed by atoms with van der Waals surface area (Å²) in [6, 6.07) is 13.5. The van der Waals surface area contributed by atoms with Crippen molar-refractivity contribution in [2.45, 2.75) is 20.0 Å². The highest BCUT2D eigenvalue weighted by atomic mass is 35.5. The van der Waals surface area contributed by atoms with Gasteiger partial charge in [0.05, 0.1) is 17.7 Å². The predicted molar refractivity (Wildman–Crippen MR) is 99.4 cm³/mol. The van der Waals surface area contributed by atoms with Gasteiger partial charge >= 0.3 is 5.97 Å². The van der Waals surface area contributed by atoms with E-state index < -0.39 is 5.97 Å². The quantitative estimate of drug-likeness (QED) is 0.662. The van der Waals surface area contributed by atoms with Crippen molar-refractivity contribution in [2.75, 3.05) is 0 Å². The van der Waals surface area contributed by atoms with Gasteiger partial charge < -0.3 is 9.84 Å². The van der Waals surface area contributed by atoms with Crippen molar-refractivity contribution in [3.63, 3.8) is 0 Å². The van der Waals surface area contributed by atoms with Crippen molar-refractivity contribution in [3.8, 4) is 16.3 Å². The lowest BCUT2D eigenvalue weighted by molar-refractivity contribution is -0.136. The van der Waals surface area contributed by atoms with E-state index in [1.54, 1.807) is 17.5 Å². The van der Waals surface area contributed by atoms with Gasteiger partial charge in [-0.15, -0.1) is 11.3 Å². The van der Waals surface area contributed by atoms with Crippen LogP contribution < -0.4 is 4.74 Å². The normalized spacial score (nSPS) is 10.6. The highest BCUT2D eigenvalue weighted by molar-refractivity contribution is 7.13. The van der Waals surface area contributed by atoms with Crippen LogP contribution in [-0.4, -0.2) is 16.1 Å². The van der Waals surface area contributed by atoms with Crippen molar-refractivity contribution in [2.24, 2.45) is 0 Å². The molecule has 6 heteroatoms. The lowest BCUT2D eigenvalue weighted by Crippen LogP contribution is -2.00. The third-order valence-electron chi connectivity index (χ3n) is 3.57. The Bertz CT molecular complexity index is 890. The Morgan fingerprint density at radius 2 is 2.00 bits per heavy atom. The molecule has 0 aliphatic rings. The number of rotatable bonds is 6. The van der Waals surface area contributed by atoms with Crippen LogP contribution in [0.25, 0.3) is 10.6 Å². The molecule has 3 aromatic rings. The fourth-order valence-corrected chi connectivity index (χ4v) is 3.32. The molecule has 0 amide bonds. The van der Waals surface area contributed by atoms with E-state index in [1.165, 1.54) is 16.9 Å². The molecule has 2 aromatic carbocycles. The maximum Gasteiger partial charge on any atom is 0.309 e. The molecule has 0 aliphatic carbocycles. The van der Waals surface area contributed by atoms with Crippen molar-refractivity contribution >= 4 is 28.9 Å². The number of carboxylic acid groups (broad SMARTS) is 1. The fourth-order valence-electron chi connectivity index (χ4n) is 2.31. The van der Waals surface area contributed by atoms with E-state index in [0.717, 1.165) is 11.1 Å². The Morgan fingerprint density at radius 3 is 2.72 bits per heavy atom. The van der Waals surface area contributed by atoms with Crippen LogP contribution in [0.15, 0.2) is 47.8 Å². The smallest absolute Gasteiger partial charge is 0.309 e. The average Bonchev–Trinajstić information content (AvgIpc) is 3.02. The average molecular weight is 374 g/mol. The van der Waals surface area contributed by atoms with Gasteiger partial charge in [-0.25, -0.2) is 4.98 Å². The zero-order chi connectivity index (χ0) is 17.8. The highest BCUT2D eigenvalue weighted by Crippen LogP contribution is 2.35. The van der Waals surface area contributed by atoms with Gasteiger partial charge in [-0.3, -0.25) is 4.79 Å². The number of halogens is 1. The van der Waals surface area contributed by atoms with Crippen molar-refractivity contribution in [1.29, 1.82) is 0 Å². The van der Waals surface area contributed by atoms with Crippen molar-refractivity contribution < 1.29 is 14.6 Å². The largest absolute Gasteiger partial charge is 0.488 e. The number of ether oxygens (including phenoxy) is 1. The van der Waals surface area contributed by atoms with Gasteiger partial charge in [-0.05, 0) is 30.7 Å². The minimum Gasteiger partial charge on any atom is -0.488 e. The fraction of sp³-hybridized carbons (Fsp3) is 0.158. The zero-order valence-corrected chi connectivity index (χ0v) is 15.1. The molecule has 4 nitrogen and oxygen atoms in total. The highest BCUT2D eigenvalue weighted by Gasteiger charge is 2.13. The van der Waals surface area contributed by atoms with E-state index in [2.05, 4.69) is 4.98 Å². The second kappa shape index (κ2) is 7.68. The molecule has 0 bridgehead atoms. The number of nitrogens with zero attached hydrogens (tertiary/aromatic N) is 1. The number of aryl methyl sites for hydroxylation is 1. The Kier molecular flexibility index (Phi) is 5.36. The minimum absolute atomic E-state index is 0.101. The zero-order valence-electron chi connectivity index (χ0n) is 13.5. The lowest BCUT2D eigenvalue weighted by atomic mass is 10.1. The number of thiazole rings is 1. The summed E-state index contributed by atoms with van der Waals surface area (Å²) in [7, 11) is 0. The molecule has 0 atom stereocenters. The van der Waals surface area contributed by atoms with E-state index in [9.17, 15) is 4.79 Å². The molecule has 0 saturated heterocycles. The number of hydrogen-bond donors (Lipinski definition) is 1. The molecule has 1 aromatic heterocycles. The molecule has 0 spiro atoms. The number of aliphatic carboxylic acids is 1. The topological polar surface area (TPSA) is 59.4 Å². The second-order valence-electron chi connectivity index (χ2n) is 5.63. The van der Waals surface area contributed by atoms with Gasteiger partial charge in [0.25, 0.3) is 0 Å². The molecular weight excluding hydrogens is 358 g/mol. The number of carbonyl (C=O) groups is 1. The van der Waals surface area contributed by atoms with Gasteiger partial charge in [0, 0.05) is 10.4 Å². The first kappa shape index (κ1) is 17.5. The molecule has 0 saturated carbocycles. The van der Waals surface area contributed by atoms with Gasteiger partial charge in [0.2, 0.25) is 0 Å². The first-order valence-electron chi connectivity index (χ1n) is 7.66. The van der Waals surface area contributed by atoms with E-state index in [4.69, 9.17) is 21.4 Å². The summed E-state index contributed by atoms with van der Waals surface area (Å²) in [6.45, 7) is 2.47. The van der Waals surface area contributed by atoms with E-state index in [0.29, 0.717) is 28.1 Å². The van der Waals surface area contributed by atoms with Gasteiger partial charge in [0.15, 0.2) is 0 Å². The Balaban J connectivity index is 1.83. The summed E-state index contributed by atoms with van der Waals surface area (Å²) in [5, 5.41) is 11.9. The third kappa shape index (κ3) is 4.59. The molecule has 0 unspecified atom stereocenters. The van der Waals surface area contributed by atoms with Crippen LogP contribution >= 0.6 is 22.9 Å². The summed E-state index contributed by atoms with van der Waals surface area (Å²) in [5.41, 5.74) is 3.56. The summed E-state index contributed by atoms with van der Waals surface area (Å²) in [4.78, 5) is 15.2. The van der Waals surface area contributed by atoms with Crippen molar-refractivity contribution in [1.82, 2.24) is 4.98 Å². The molecule has 0 fully saturated rings. The van der Waals surface area contributed by atoms with Gasteiger partial charge in [0.1, 0.15) is 17.4 Å². The van der Waals surface area contributed by atoms with Crippen LogP contribution in [0.2, 0.25) is 5.02 Å². The van der Waals surface area contributed by atoms with E-state index >= 15 is 0 Å². The maximum absolute atomic E-state index is 10.8. The molecule has 1 heterocycles. The predicted octanol–water partition coefficient (Wildman–Crippen LogP) is 4.98. The first-order valence-corrected chi connectivity index (χ1v) is 8.91. The Labute approximate surface area is 154 Å². The molecule has 128 valence electrons. The molecule has 1 N–H and O–H groups in total. The second-order valence-corrected chi connectivity index (χ2v) is 6.92. The molecule has 25 heavy (non-hydrogen) atoms. The first-order chi connectivity index (χ1) is 12.0.